The second-order valence-electron chi connectivity index (χ2n) is 6.59. The number of allylic oxidation sites excluding steroid dienone is 1. The third kappa shape index (κ3) is 5.29. The molecule has 0 saturated carbocycles. The lowest BCUT2D eigenvalue weighted by Gasteiger charge is -2.21. The Hall–Kier alpha value is -1.71. The molecule has 2 rings (SSSR count). The van der Waals surface area contributed by atoms with Gasteiger partial charge in [-0.05, 0) is 65.0 Å². The first kappa shape index (κ1) is 15.7. The number of nitrogens with zero attached hydrogens (tertiary/aromatic N) is 1. The zero-order chi connectivity index (χ0) is 15.3. The van der Waals surface area contributed by atoms with Crippen molar-refractivity contribution in [1.82, 2.24) is 4.98 Å². The molecule has 0 aromatic carbocycles. The summed E-state index contributed by atoms with van der Waals surface area (Å²) in [6, 6.07) is 3.75. The number of pyridine rings is 1. The van der Waals surface area contributed by atoms with Crippen LogP contribution in [0.2, 0.25) is 0 Å². The fraction of sp³-hybridized carbons (Fsp3) is 0.588. The zero-order valence-corrected chi connectivity index (χ0v) is 13.4. The van der Waals surface area contributed by atoms with Gasteiger partial charge in [0.25, 0.3) is 0 Å². The lowest BCUT2D eigenvalue weighted by molar-refractivity contribution is 0.125. The molecule has 0 aliphatic heterocycles. The van der Waals surface area contributed by atoms with E-state index in [0.29, 0.717) is 11.6 Å². The van der Waals surface area contributed by atoms with Crippen LogP contribution in [0.25, 0.3) is 0 Å². The number of hydrogen-bond donors (Lipinski definition) is 2. The molecule has 0 radical (unpaired) electrons. The Kier molecular flexibility index (Phi) is 5.10. The van der Waals surface area contributed by atoms with Crippen LogP contribution < -0.4 is 15.8 Å². The first-order valence-electron chi connectivity index (χ1n) is 7.81. The second-order valence-corrected chi connectivity index (χ2v) is 6.59. The van der Waals surface area contributed by atoms with E-state index in [2.05, 4.69) is 16.4 Å². The van der Waals surface area contributed by atoms with Gasteiger partial charge in [-0.2, -0.15) is 4.98 Å². The SMILES string of the molecule is CC(C)(C)Oc1nc(NCCC2=CCCCC2)ccc1N. The minimum absolute atomic E-state index is 0.299. The number of nitrogens with two attached hydrogens (primary N) is 1. The van der Waals surface area contributed by atoms with E-state index < -0.39 is 0 Å². The maximum Gasteiger partial charge on any atom is 0.239 e. The summed E-state index contributed by atoms with van der Waals surface area (Å²) in [5.74, 6) is 1.32. The molecule has 0 unspecified atom stereocenters. The molecule has 4 nitrogen and oxygen atoms in total. The van der Waals surface area contributed by atoms with E-state index in [9.17, 15) is 0 Å². The highest BCUT2D eigenvalue weighted by Crippen LogP contribution is 2.25. The summed E-state index contributed by atoms with van der Waals surface area (Å²) in [5.41, 5.74) is 7.76. The first-order chi connectivity index (χ1) is 9.94. The van der Waals surface area contributed by atoms with Crippen LogP contribution in [0.15, 0.2) is 23.8 Å². The number of anilines is 2. The zero-order valence-electron chi connectivity index (χ0n) is 13.4. The van der Waals surface area contributed by atoms with Gasteiger partial charge in [-0.3, -0.25) is 0 Å². The molecule has 1 aromatic rings. The quantitative estimate of drug-likeness (QED) is 0.800. The lowest BCUT2D eigenvalue weighted by atomic mass is 9.97. The molecular formula is C17H27N3O. The van der Waals surface area contributed by atoms with Crippen LogP contribution >= 0.6 is 0 Å². The largest absolute Gasteiger partial charge is 0.470 e. The fourth-order valence-electron chi connectivity index (χ4n) is 2.40. The van der Waals surface area contributed by atoms with Crippen molar-refractivity contribution in [3.63, 3.8) is 0 Å². The Morgan fingerprint density at radius 1 is 1.29 bits per heavy atom. The van der Waals surface area contributed by atoms with E-state index >= 15 is 0 Å². The predicted molar refractivity (Wildman–Crippen MR) is 88.7 cm³/mol. The topological polar surface area (TPSA) is 60.2 Å². The molecule has 0 spiro atoms. The smallest absolute Gasteiger partial charge is 0.239 e. The summed E-state index contributed by atoms with van der Waals surface area (Å²) in [5, 5.41) is 3.36. The van der Waals surface area contributed by atoms with E-state index in [4.69, 9.17) is 10.5 Å². The third-order valence-corrected chi connectivity index (χ3v) is 3.43. The molecule has 0 fully saturated rings. The van der Waals surface area contributed by atoms with Gasteiger partial charge in [0.15, 0.2) is 0 Å². The highest BCUT2D eigenvalue weighted by atomic mass is 16.5. The number of nitrogens with one attached hydrogen (secondary N) is 1. The average Bonchev–Trinajstić information content (AvgIpc) is 2.42. The van der Waals surface area contributed by atoms with Crippen molar-refractivity contribution in [1.29, 1.82) is 0 Å². The van der Waals surface area contributed by atoms with E-state index in [1.807, 2.05) is 32.9 Å². The van der Waals surface area contributed by atoms with Crippen molar-refractivity contribution in [2.24, 2.45) is 0 Å². The summed E-state index contributed by atoms with van der Waals surface area (Å²) in [4.78, 5) is 4.46. The maximum absolute atomic E-state index is 5.92. The van der Waals surface area contributed by atoms with Crippen LogP contribution in [-0.2, 0) is 0 Å². The van der Waals surface area contributed by atoms with Crippen LogP contribution in [-0.4, -0.2) is 17.1 Å². The third-order valence-electron chi connectivity index (χ3n) is 3.43. The van der Waals surface area contributed by atoms with Crippen LogP contribution in [0.4, 0.5) is 11.5 Å². The Bertz CT molecular complexity index is 503. The Balaban J connectivity index is 1.91. The molecule has 3 N–H and O–H groups in total. The molecule has 116 valence electrons. The average molecular weight is 289 g/mol. The minimum atomic E-state index is -0.299. The van der Waals surface area contributed by atoms with Crippen molar-refractivity contribution in [3.05, 3.63) is 23.8 Å². The van der Waals surface area contributed by atoms with Gasteiger partial charge in [0.2, 0.25) is 5.88 Å². The van der Waals surface area contributed by atoms with Gasteiger partial charge >= 0.3 is 0 Å². The number of ether oxygens (including phenoxy) is 1. The Morgan fingerprint density at radius 2 is 2.10 bits per heavy atom. The van der Waals surface area contributed by atoms with Crippen LogP contribution in [0.1, 0.15) is 52.9 Å². The van der Waals surface area contributed by atoms with Crippen molar-refractivity contribution < 1.29 is 4.74 Å². The van der Waals surface area contributed by atoms with Crippen molar-refractivity contribution in [3.8, 4) is 5.88 Å². The van der Waals surface area contributed by atoms with E-state index in [1.54, 1.807) is 5.57 Å². The summed E-state index contributed by atoms with van der Waals surface area (Å²) in [7, 11) is 0. The molecule has 1 heterocycles. The van der Waals surface area contributed by atoms with Crippen molar-refractivity contribution in [2.75, 3.05) is 17.6 Å². The van der Waals surface area contributed by atoms with Gasteiger partial charge in [0.05, 0.1) is 5.69 Å². The van der Waals surface area contributed by atoms with Gasteiger partial charge < -0.3 is 15.8 Å². The summed E-state index contributed by atoms with van der Waals surface area (Å²) >= 11 is 0. The molecule has 0 saturated heterocycles. The van der Waals surface area contributed by atoms with E-state index in [1.165, 1.54) is 25.7 Å². The first-order valence-corrected chi connectivity index (χ1v) is 7.81. The van der Waals surface area contributed by atoms with Gasteiger partial charge in [-0.1, -0.05) is 11.6 Å². The fourth-order valence-corrected chi connectivity index (χ4v) is 2.40. The molecule has 1 aliphatic rings. The van der Waals surface area contributed by atoms with Gasteiger partial charge in [0, 0.05) is 6.54 Å². The molecule has 1 aliphatic carbocycles. The summed E-state index contributed by atoms with van der Waals surface area (Å²) in [6.07, 6.45) is 8.62. The molecule has 0 amide bonds. The summed E-state index contributed by atoms with van der Waals surface area (Å²) in [6.45, 7) is 6.87. The highest BCUT2D eigenvalue weighted by molar-refractivity contribution is 5.53. The molecular weight excluding hydrogens is 262 g/mol. The molecule has 21 heavy (non-hydrogen) atoms. The van der Waals surface area contributed by atoms with Crippen LogP contribution in [0.5, 0.6) is 5.88 Å². The Labute approximate surface area is 127 Å². The standard InChI is InChI=1S/C17H27N3O/c1-17(2,3)21-16-14(18)9-10-15(20-16)19-12-11-13-7-5-4-6-8-13/h7,9-10H,4-6,8,11-12,18H2,1-3H3,(H,19,20). The lowest BCUT2D eigenvalue weighted by Crippen LogP contribution is -2.24. The maximum atomic E-state index is 5.92. The summed E-state index contributed by atoms with van der Waals surface area (Å²) < 4.78 is 5.78. The molecule has 4 heteroatoms. The van der Waals surface area contributed by atoms with Crippen LogP contribution in [0, 0.1) is 0 Å². The monoisotopic (exact) mass is 289 g/mol. The number of aromatic nitrogens is 1. The van der Waals surface area contributed by atoms with Crippen molar-refractivity contribution >= 4 is 11.5 Å². The Morgan fingerprint density at radius 3 is 2.76 bits per heavy atom. The van der Waals surface area contributed by atoms with Gasteiger partial charge in [0.1, 0.15) is 11.4 Å². The van der Waals surface area contributed by atoms with Crippen molar-refractivity contribution in [2.45, 2.75) is 58.5 Å². The predicted octanol–water partition coefficient (Wildman–Crippen LogP) is 4.14. The number of hydrogen-bond acceptors (Lipinski definition) is 4. The molecule has 0 bridgehead atoms. The number of rotatable bonds is 5. The second kappa shape index (κ2) is 6.83. The minimum Gasteiger partial charge on any atom is -0.470 e. The van der Waals surface area contributed by atoms with Gasteiger partial charge in [-0.25, -0.2) is 0 Å². The van der Waals surface area contributed by atoms with E-state index in [-0.39, 0.29) is 5.60 Å². The molecule has 1 aromatic heterocycles. The highest BCUT2D eigenvalue weighted by Gasteiger charge is 2.15. The normalized spacial score (nSPS) is 15.5. The molecule has 0 atom stereocenters. The number of nitrogen functional groups attached to an aromatic ring is 1. The van der Waals surface area contributed by atoms with Crippen LogP contribution in [0.3, 0.4) is 0 Å². The van der Waals surface area contributed by atoms with Gasteiger partial charge in [-0.15, -0.1) is 0 Å². The van der Waals surface area contributed by atoms with E-state index in [0.717, 1.165) is 18.8 Å².